The molecule has 0 aromatic rings. The molecule has 7 nitrogen and oxygen atoms in total. The maximum Gasteiger partial charge on any atom is 0.407 e. The highest BCUT2D eigenvalue weighted by Gasteiger charge is 2.21. The number of aliphatic hydroxyl groups excluding tert-OH is 1. The van der Waals surface area contributed by atoms with Gasteiger partial charge >= 0.3 is 6.09 Å². The molecule has 2 atom stereocenters. The molecule has 0 spiro atoms. The van der Waals surface area contributed by atoms with E-state index in [9.17, 15) is 18.3 Å². The van der Waals surface area contributed by atoms with Crippen LogP contribution in [0.5, 0.6) is 0 Å². The molecule has 0 aliphatic carbocycles. The maximum atomic E-state index is 11.4. The van der Waals surface area contributed by atoms with E-state index in [2.05, 4.69) is 10.0 Å². The number of hydrogen-bond donors (Lipinski definition) is 3. The molecule has 0 aromatic heterocycles. The summed E-state index contributed by atoms with van der Waals surface area (Å²) < 4.78 is 28.8. The highest BCUT2D eigenvalue weighted by molar-refractivity contribution is 7.88. The molecule has 18 heavy (non-hydrogen) atoms. The summed E-state index contributed by atoms with van der Waals surface area (Å²) in [5, 5.41) is 12.1. The highest BCUT2D eigenvalue weighted by Crippen LogP contribution is 2.07. The topological polar surface area (TPSA) is 105 Å². The van der Waals surface area contributed by atoms with Crippen molar-refractivity contribution in [3.8, 4) is 0 Å². The first-order valence-electron chi connectivity index (χ1n) is 5.53. The minimum atomic E-state index is -3.36. The van der Waals surface area contributed by atoms with Gasteiger partial charge in [0, 0.05) is 6.54 Å². The minimum Gasteiger partial charge on any atom is -0.444 e. The molecule has 1 unspecified atom stereocenters. The third kappa shape index (κ3) is 9.20. The van der Waals surface area contributed by atoms with E-state index in [1.54, 1.807) is 27.7 Å². The molecule has 1 amide bonds. The SMILES string of the molecule is C[C@H](NC(=O)OC(C)(C)C)C(O)CNS(C)(=O)=O. The van der Waals surface area contributed by atoms with Crippen LogP contribution in [0.15, 0.2) is 0 Å². The molecule has 0 aliphatic heterocycles. The smallest absolute Gasteiger partial charge is 0.407 e. The second-order valence-electron chi connectivity index (χ2n) is 5.12. The zero-order chi connectivity index (χ0) is 14.6. The van der Waals surface area contributed by atoms with Gasteiger partial charge in [0.05, 0.1) is 18.4 Å². The van der Waals surface area contributed by atoms with Crippen molar-refractivity contribution >= 4 is 16.1 Å². The van der Waals surface area contributed by atoms with Crippen LogP contribution in [-0.4, -0.2) is 50.2 Å². The number of sulfonamides is 1. The lowest BCUT2D eigenvalue weighted by Crippen LogP contribution is -2.47. The Morgan fingerprint density at radius 1 is 1.39 bits per heavy atom. The summed E-state index contributed by atoms with van der Waals surface area (Å²) >= 11 is 0. The molecule has 108 valence electrons. The quantitative estimate of drug-likeness (QED) is 0.648. The van der Waals surface area contributed by atoms with Crippen LogP contribution >= 0.6 is 0 Å². The van der Waals surface area contributed by atoms with Crippen molar-refractivity contribution in [2.45, 2.75) is 45.4 Å². The molecule has 0 heterocycles. The van der Waals surface area contributed by atoms with Crippen LogP contribution in [0.1, 0.15) is 27.7 Å². The van der Waals surface area contributed by atoms with E-state index >= 15 is 0 Å². The number of nitrogens with one attached hydrogen (secondary N) is 2. The first-order chi connectivity index (χ1) is 7.91. The zero-order valence-corrected chi connectivity index (χ0v) is 12.2. The van der Waals surface area contributed by atoms with Gasteiger partial charge < -0.3 is 15.2 Å². The van der Waals surface area contributed by atoms with E-state index in [1.165, 1.54) is 0 Å². The van der Waals surface area contributed by atoms with Crippen molar-refractivity contribution < 1.29 is 23.1 Å². The van der Waals surface area contributed by atoms with Crippen LogP contribution in [0.4, 0.5) is 4.79 Å². The predicted octanol–water partition coefficient (Wildman–Crippen LogP) is -0.190. The first-order valence-corrected chi connectivity index (χ1v) is 7.42. The van der Waals surface area contributed by atoms with Crippen molar-refractivity contribution in [2.75, 3.05) is 12.8 Å². The van der Waals surface area contributed by atoms with Gasteiger partial charge in [0.1, 0.15) is 5.60 Å². The Morgan fingerprint density at radius 3 is 2.28 bits per heavy atom. The van der Waals surface area contributed by atoms with Crippen molar-refractivity contribution in [1.82, 2.24) is 10.0 Å². The summed E-state index contributed by atoms with van der Waals surface area (Å²) in [5.41, 5.74) is -0.625. The van der Waals surface area contributed by atoms with Crippen molar-refractivity contribution in [3.63, 3.8) is 0 Å². The van der Waals surface area contributed by atoms with Crippen molar-refractivity contribution in [2.24, 2.45) is 0 Å². The number of hydrogen-bond acceptors (Lipinski definition) is 5. The molecule has 0 fully saturated rings. The number of alkyl carbamates (subject to hydrolysis) is 1. The molecular formula is C10H22N2O5S. The normalized spacial score (nSPS) is 15.9. The maximum absolute atomic E-state index is 11.4. The Hall–Kier alpha value is -0.860. The lowest BCUT2D eigenvalue weighted by Gasteiger charge is -2.24. The summed E-state index contributed by atoms with van der Waals surface area (Å²) in [5.74, 6) is 0. The van der Waals surface area contributed by atoms with Gasteiger partial charge in [-0.1, -0.05) is 0 Å². The van der Waals surface area contributed by atoms with E-state index < -0.39 is 33.9 Å². The fraction of sp³-hybridized carbons (Fsp3) is 0.900. The second-order valence-corrected chi connectivity index (χ2v) is 6.96. The molecule has 0 bridgehead atoms. The third-order valence-corrected chi connectivity index (χ3v) is 2.57. The standard InChI is InChI=1S/C10H22N2O5S/c1-7(8(13)6-11-18(5,15)16)12-9(14)17-10(2,3)4/h7-8,11,13H,6H2,1-5H3,(H,12,14)/t7-,8?/m0/s1. The second kappa shape index (κ2) is 6.35. The number of carbonyl (C=O) groups is 1. The van der Waals surface area contributed by atoms with Gasteiger partial charge in [0.25, 0.3) is 0 Å². The summed E-state index contributed by atoms with van der Waals surface area (Å²) in [6.45, 7) is 6.55. The van der Waals surface area contributed by atoms with E-state index in [-0.39, 0.29) is 6.54 Å². The number of rotatable bonds is 5. The van der Waals surface area contributed by atoms with Crippen molar-refractivity contribution in [1.29, 1.82) is 0 Å². The first kappa shape index (κ1) is 17.1. The Labute approximate surface area is 108 Å². The third-order valence-electron chi connectivity index (χ3n) is 1.88. The summed E-state index contributed by atoms with van der Waals surface area (Å²) in [6, 6.07) is -0.630. The fourth-order valence-corrected chi connectivity index (χ4v) is 1.48. The molecular weight excluding hydrogens is 260 g/mol. The molecule has 0 aromatic carbocycles. The number of carbonyl (C=O) groups excluding carboxylic acids is 1. The summed E-state index contributed by atoms with van der Waals surface area (Å²) in [7, 11) is -3.36. The Bertz CT molecular complexity index is 374. The Balaban J connectivity index is 4.16. The van der Waals surface area contributed by atoms with Crippen molar-refractivity contribution in [3.05, 3.63) is 0 Å². The van der Waals surface area contributed by atoms with Gasteiger partial charge in [-0.3, -0.25) is 0 Å². The van der Waals surface area contributed by atoms with Gasteiger partial charge in [-0.25, -0.2) is 17.9 Å². The minimum absolute atomic E-state index is 0.171. The Kier molecular flexibility index (Phi) is 6.05. The average Bonchev–Trinajstić information content (AvgIpc) is 2.09. The van der Waals surface area contributed by atoms with Gasteiger partial charge in [0.2, 0.25) is 10.0 Å². The van der Waals surface area contributed by atoms with E-state index in [0.717, 1.165) is 6.26 Å². The summed E-state index contributed by atoms with van der Waals surface area (Å²) in [4.78, 5) is 11.4. The molecule has 8 heteroatoms. The van der Waals surface area contributed by atoms with Gasteiger partial charge in [-0.15, -0.1) is 0 Å². The average molecular weight is 282 g/mol. The largest absolute Gasteiger partial charge is 0.444 e. The van der Waals surface area contributed by atoms with Crippen LogP contribution in [0.25, 0.3) is 0 Å². The molecule has 0 saturated heterocycles. The molecule has 0 radical (unpaired) electrons. The molecule has 0 rings (SSSR count). The predicted molar refractivity (Wildman–Crippen MR) is 67.7 cm³/mol. The summed E-state index contributed by atoms with van der Waals surface area (Å²) in [6.07, 6.45) is -0.702. The lowest BCUT2D eigenvalue weighted by molar-refractivity contribution is 0.0441. The molecule has 0 aliphatic rings. The fourth-order valence-electron chi connectivity index (χ4n) is 1.00. The van der Waals surface area contributed by atoms with Crippen LogP contribution in [0, 0.1) is 0 Å². The van der Waals surface area contributed by atoms with Crippen LogP contribution in [-0.2, 0) is 14.8 Å². The number of amides is 1. The zero-order valence-electron chi connectivity index (χ0n) is 11.4. The van der Waals surface area contributed by atoms with Crippen LogP contribution in [0.3, 0.4) is 0 Å². The Morgan fingerprint density at radius 2 is 1.89 bits per heavy atom. The van der Waals surface area contributed by atoms with E-state index in [0.29, 0.717) is 0 Å². The van der Waals surface area contributed by atoms with Crippen LogP contribution < -0.4 is 10.0 Å². The lowest BCUT2D eigenvalue weighted by atomic mass is 10.2. The van der Waals surface area contributed by atoms with E-state index in [4.69, 9.17) is 4.74 Å². The highest BCUT2D eigenvalue weighted by atomic mass is 32.2. The number of ether oxygens (including phenoxy) is 1. The van der Waals surface area contributed by atoms with Gasteiger partial charge in [0.15, 0.2) is 0 Å². The van der Waals surface area contributed by atoms with Crippen LogP contribution in [0.2, 0.25) is 0 Å². The monoisotopic (exact) mass is 282 g/mol. The molecule has 0 saturated carbocycles. The number of aliphatic hydroxyl groups is 1. The van der Waals surface area contributed by atoms with E-state index in [1.807, 2.05) is 0 Å². The molecule has 3 N–H and O–H groups in total. The van der Waals surface area contributed by atoms with Gasteiger partial charge in [-0.05, 0) is 27.7 Å². The van der Waals surface area contributed by atoms with Gasteiger partial charge in [-0.2, -0.15) is 0 Å².